The van der Waals surface area contributed by atoms with E-state index in [1.165, 1.54) is 25.3 Å². The van der Waals surface area contributed by atoms with Crippen LogP contribution in [0.25, 0.3) is 10.9 Å². The number of hydrogen-bond acceptors (Lipinski definition) is 5. The molecule has 17 heavy (non-hydrogen) atoms. The molecule has 0 bridgehead atoms. The fourth-order valence-corrected chi connectivity index (χ4v) is 1.55. The molecule has 0 saturated heterocycles. The van der Waals surface area contributed by atoms with Gasteiger partial charge in [-0.3, -0.25) is 14.9 Å². The van der Waals surface area contributed by atoms with E-state index in [0.29, 0.717) is 5.75 Å². The summed E-state index contributed by atoms with van der Waals surface area (Å²) in [5.74, 6) is -0.169. The topological polar surface area (TPSA) is 105 Å². The molecule has 0 aliphatic rings. The fourth-order valence-electron chi connectivity index (χ4n) is 1.55. The number of hydrogen-bond donors (Lipinski definition) is 2. The van der Waals surface area contributed by atoms with Gasteiger partial charge in [0, 0.05) is 11.5 Å². The molecule has 0 radical (unpaired) electrons. The number of methoxy groups -OCH3 is 1. The van der Waals surface area contributed by atoms with E-state index >= 15 is 0 Å². The highest BCUT2D eigenvalue weighted by atomic mass is 16.6. The third-order valence-electron chi connectivity index (χ3n) is 2.35. The first-order valence-corrected chi connectivity index (χ1v) is 4.62. The summed E-state index contributed by atoms with van der Waals surface area (Å²) in [5, 5.41) is 20.5. The van der Waals surface area contributed by atoms with Gasteiger partial charge in [-0.15, -0.1) is 0 Å². The maximum absolute atomic E-state index is 11.4. The average Bonchev–Trinajstić information content (AvgIpc) is 2.27. The molecule has 2 rings (SSSR count). The highest BCUT2D eigenvalue weighted by molar-refractivity contribution is 5.88. The molecule has 1 heterocycles. The van der Waals surface area contributed by atoms with Crippen molar-refractivity contribution >= 4 is 16.6 Å². The molecule has 1 aromatic heterocycles. The minimum absolute atomic E-state index is 0.192. The third-order valence-corrected chi connectivity index (χ3v) is 2.35. The van der Waals surface area contributed by atoms with Gasteiger partial charge >= 0.3 is 11.2 Å². The SMILES string of the molecule is COc1ccc2c(O)c([N+](=O)[O-])c(=O)[nH]c2c1. The summed E-state index contributed by atoms with van der Waals surface area (Å²) in [6.07, 6.45) is 0. The van der Waals surface area contributed by atoms with E-state index in [9.17, 15) is 20.0 Å². The van der Waals surface area contributed by atoms with Crippen molar-refractivity contribution in [3.63, 3.8) is 0 Å². The Morgan fingerprint density at radius 3 is 2.76 bits per heavy atom. The molecule has 0 aliphatic heterocycles. The standard InChI is InChI=1S/C10H8N2O5/c1-17-5-2-3-6-7(4-5)11-10(14)8(9(6)13)12(15)16/h2-4H,1H3,(H2,11,13,14). The number of nitro groups is 1. The van der Waals surface area contributed by atoms with Crippen LogP contribution in [0.1, 0.15) is 0 Å². The van der Waals surface area contributed by atoms with Gasteiger partial charge in [-0.2, -0.15) is 0 Å². The summed E-state index contributed by atoms with van der Waals surface area (Å²) in [7, 11) is 1.45. The summed E-state index contributed by atoms with van der Waals surface area (Å²) in [5.41, 5.74) is -1.53. The largest absolute Gasteiger partial charge is 0.501 e. The van der Waals surface area contributed by atoms with Crippen molar-refractivity contribution in [1.82, 2.24) is 4.98 Å². The number of nitrogens with one attached hydrogen (secondary N) is 1. The van der Waals surface area contributed by atoms with Gasteiger partial charge in [0.2, 0.25) is 5.75 Å². The first-order chi connectivity index (χ1) is 8.04. The van der Waals surface area contributed by atoms with Crippen molar-refractivity contribution < 1.29 is 14.8 Å². The number of nitrogens with zero attached hydrogens (tertiary/aromatic N) is 1. The zero-order valence-corrected chi connectivity index (χ0v) is 8.76. The lowest BCUT2D eigenvalue weighted by Gasteiger charge is -2.04. The number of ether oxygens (including phenoxy) is 1. The second-order valence-electron chi connectivity index (χ2n) is 3.32. The summed E-state index contributed by atoms with van der Waals surface area (Å²) >= 11 is 0. The Bertz CT molecular complexity index is 662. The Morgan fingerprint density at radius 1 is 1.47 bits per heavy atom. The molecular formula is C10H8N2O5. The molecule has 2 aromatic rings. The van der Waals surface area contributed by atoms with Gasteiger partial charge in [0.1, 0.15) is 5.75 Å². The lowest BCUT2D eigenvalue weighted by molar-refractivity contribution is -0.387. The molecule has 88 valence electrons. The van der Waals surface area contributed by atoms with Gasteiger partial charge in [-0.1, -0.05) is 0 Å². The summed E-state index contributed by atoms with van der Waals surface area (Å²) in [4.78, 5) is 23.4. The number of aromatic amines is 1. The number of rotatable bonds is 2. The van der Waals surface area contributed by atoms with Crippen molar-refractivity contribution in [2.45, 2.75) is 0 Å². The van der Waals surface area contributed by atoms with Crippen LogP contribution >= 0.6 is 0 Å². The van der Waals surface area contributed by atoms with Gasteiger partial charge in [0.15, 0.2) is 0 Å². The van der Waals surface area contributed by atoms with Crippen LogP contribution in [0.4, 0.5) is 5.69 Å². The molecule has 0 aliphatic carbocycles. The van der Waals surface area contributed by atoms with Crippen molar-refractivity contribution in [2.75, 3.05) is 7.11 Å². The number of aromatic hydroxyl groups is 1. The highest BCUT2D eigenvalue weighted by Crippen LogP contribution is 2.31. The molecule has 7 nitrogen and oxygen atoms in total. The second kappa shape index (κ2) is 3.78. The first-order valence-electron chi connectivity index (χ1n) is 4.62. The van der Waals surface area contributed by atoms with E-state index in [0.717, 1.165) is 0 Å². The Labute approximate surface area is 94.4 Å². The lowest BCUT2D eigenvalue weighted by atomic mass is 10.2. The summed E-state index contributed by atoms with van der Waals surface area (Å²) in [6, 6.07) is 4.44. The van der Waals surface area contributed by atoms with Crippen LogP contribution in [0, 0.1) is 10.1 Å². The van der Waals surface area contributed by atoms with Gasteiger partial charge < -0.3 is 14.8 Å². The molecule has 0 unspecified atom stereocenters. The highest BCUT2D eigenvalue weighted by Gasteiger charge is 2.22. The van der Waals surface area contributed by atoms with E-state index in [4.69, 9.17) is 4.74 Å². The van der Waals surface area contributed by atoms with Gasteiger partial charge in [-0.05, 0) is 12.1 Å². The zero-order chi connectivity index (χ0) is 12.6. The molecule has 1 aromatic carbocycles. The van der Waals surface area contributed by atoms with Crippen LogP contribution in [-0.2, 0) is 0 Å². The Hall–Kier alpha value is -2.57. The number of pyridine rings is 1. The van der Waals surface area contributed by atoms with Gasteiger partial charge in [-0.25, -0.2) is 0 Å². The number of aromatic nitrogens is 1. The molecular weight excluding hydrogens is 228 g/mol. The van der Waals surface area contributed by atoms with Crippen molar-refractivity contribution in [1.29, 1.82) is 0 Å². The van der Waals surface area contributed by atoms with Crippen LogP contribution in [0.5, 0.6) is 11.5 Å². The monoisotopic (exact) mass is 236 g/mol. The molecule has 0 fully saturated rings. The summed E-state index contributed by atoms with van der Waals surface area (Å²) in [6.45, 7) is 0. The average molecular weight is 236 g/mol. The van der Waals surface area contributed by atoms with Crippen molar-refractivity contribution in [2.24, 2.45) is 0 Å². The normalized spacial score (nSPS) is 10.4. The zero-order valence-electron chi connectivity index (χ0n) is 8.76. The van der Waals surface area contributed by atoms with E-state index in [-0.39, 0.29) is 10.9 Å². The van der Waals surface area contributed by atoms with Crippen molar-refractivity contribution in [3.8, 4) is 11.5 Å². The second-order valence-corrected chi connectivity index (χ2v) is 3.32. The maximum atomic E-state index is 11.4. The lowest BCUT2D eigenvalue weighted by Crippen LogP contribution is -2.11. The van der Waals surface area contributed by atoms with Crippen LogP contribution in [0.2, 0.25) is 0 Å². The molecule has 0 saturated carbocycles. The molecule has 0 amide bonds. The van der Waals surface area contributed by atoms with E-state index in [2.05, 4.69) is 4.98 Å². The molecule has 7 heteroatoms. The molecule has 0 atom stereocenters. The van der Waals surface area contributed by atoms with Crippen LogP contribution in [0.3, 0.4) is 0 Å². The Morgan fingerprint density at radius 2 is 2.18 bits per heavy atom. The van der Waals surface area contributed by atoms with Gasteiger partial charge in [0.05, 0.1) is 17.5 Å². The van der Waals surface area contributed by atoms with E-state index in [1.807, 2.05) is 0 Å². The maximum Gasteiger partial charge on any atom is 0.375 e. The predicted molar refractivity (Wildman–Crippen MR) is 59.4 cm³/mol. The molecule has 2 N–H and O–H groups in total. The minimum Gasteiger partial charge on any atom is -0.501 e. The van der Waals surface area contributed by atoms with E-state index in [1.54, 1.807) is 0 Å². The smallest absolute Gasteiger partial charge is 0.375 e. The fraction of sp³-hybridized carbons (Fsp3) is 0.100. The summed E-state index contributed by atoms with van der Waals surface area (Å²) < 4.78 is 4.94. The third kappa shape index (κ3) is 1.67. The first kappa shape index (κ1) is 10.9. The predicted octanol–water partition coefficient (Wildman–Crippen LogP) is 1.15. The number of fused-ring (bicyclic) bond motifs is 1. The van der Waals surface area contributed by atoms with E-state index < -0.39 is 21.9 Å². The number of H-pyrrole nitrogens is 1. The van der Waals surface area contributed by atoms with Crippen LogP contribution in [0.15, 0.2) is 23.0 Å². The van der Waals surface area contributed by atoms with Crippen LogP contribution in [-0.4, -0.2) is 22.1 Å². The Kier molecular flexibility index (Phi) is 2.43. The minimum atomic E-state index is -0.951. The molecule has 0 spiro atoms. The Balaban J connectivity index is 2.86. The quantitative estimate of drug-likeness (QED) is 0.601. The van der Waals surface area contributed by atoms with Gasteiger partial charge in [0.25, 0.3) is 0 Å². The van der Waals surface area contributed by atoms with Crippen LogP contribution < -0.4 is 10.3 Å². The van der Waals surface area contributed by atoms with Crippen molar-refractivity contribution in [3.05, 3.63) is 38.7 Å². The number of benzene rings is 1.